The molecular weight excluding hydrogens is 1220 g/mol. The molecule has 0 aromatic heterocycles. The van der Waals surface area contributed by atoms with Gasteiger partial charge in [0.25, 0.3) is 5.91 Å². The smallest absolute Gasteiger partial charge is 0.409 e. The molecule has 0 radical (unpaired) electrons. The standard InChI is InChI=1S/C70H88N8O17/c1-40(2)73-53(62(87)88)28-42-8-14-45(15-9-42)41(3)76-92-36-58(83)72-33-57(82)75-52(22-23-59(84)85)61(86)74-48-19-12-44(13-20-48)35-91-64(89)77(6)26-27-78(7)65(90)93-54-32-67(5)51(50-21-18-47-29-49(80)24-25-66(47,4)60(50)54)30-56-70(67,55(81)34-79)95-63(94-56)46-16-10-43(11-17-46)31-68-37-69(71,38-68)39-68/h8-17,19-20,24-25,29,40,50-54,56,60,63,73,79H,18,21-23,26-28,30-39,71H2,1-7H3,(H,72,83)(H,74,86)(H,75,82)(H,84,85)(H,87,88)/b76-41-/t50-,51-,52-,53?,54-,56+,60+,63+,66-,67-,68?,69?,70+/m0/s1. The number of hydrogen-bond acceptors (Lipinski definition) is 18. The van der Waals surface area contributed by atoms with Crippen LogP contribution in [0, 0.1) is 34.0 Å². The molecule has 8 aliphatic rings. The molecule has 6 saturated carbocycles. The number of aliphatic hydroxyl groups is 1. The Hall–Kier alpha value is -8.36. The minimum Gasteiger partial charge on any atom is -0.481 e. The van der Waals surface area contributed by atoms with Gasteiger partial charge >= 0.3 is 24.1 Å². The van der Waals surface area contributed by atoms with Crippen LogP contribution < -0.4 is 27.0 Å². The van der Waals surface area contributed by atoms with E-state index in [1.807, 2.05) is 39.0 Å². The molecule has 3 aromatic carbocycles. The van der Waals surface area contributed by atoms with Crippen LogP contribution in [0.15, 0.2) is 102 Å². The number of anilines is 1. The van der Waals surface area contributed by atoms with E-state index in [9.17, 15) is 58.5 Å². The number of ketones is 2. The molecule has 9 N–H and O–H groups in total. The number of oxime groups is 1. The number of nitrogens with zero attached hydrogens (tertiary/aromatic N) is 3. The van der Waals surface area contributed by atoms with Gasteiger partial charge in [-0.1, -0.05) is 105 Å². The predicted octanol–water partition coefficient (Wildman–Crippen LogP) is 5.90. The largest absolute Gasteiger partial charge is 0.481 e. The summed E-state index contributed by atoms with van der Waals surface area (Å²) in [5.74, 6) is -5.50. The quantitative estimate of drug-likeness (QED) is 0.0310. The number of carbonyl (C=O) groups excluding carboxylic acids is 7. The molecule has 1 unspecified atom stereocenters. The average molecular weight is 1310 g/mol. The number of hydrogen-bond donors (Lipinski definition) is 8. The zero-order valence-electron chi connectivity index (χ0n) is 54.9. The maximum atomic E-state index is 14.5. The lowest BCUT2D eigenvalue weighted by molar-refractivity contribution is -0.201. The minimum absolute atomic E-state index is 0.00695. The van der Waals surface area contributed by atoms with Crippen LogP contribution in [-0.2, 0) is 76.8 Å². The van der Waals surface area contributed by atoms with Crippen molar-refractivity contribution in [2.45, 2.75) is 160 Å². The summed E-state index contributed by atoms with van der Waals surface area (Å²) in [6.45, 7) is 7.50. The van der Waals surface area contributed by atoms with Gasteiger partial charge in [-0.15, -0.1) is 0 Å². The van der Waals surface area contributed by atoms with Gasteiger partial charge in [-0.3, -0.25) is 33.6 Å². The number of carbonyl (C=O) groups is 9. The maximum Gasteiger partial charge on any atom is 0.409 e. The molecular formula is C70H88N8O17. The summed E-state index contributed by atoms with van der Waals surface area (Å²) in [5, 5.41) is 44.1. The SMILES string of the molecule is C/C(=N/OCC(=O)NCC(=O)N[C@@H](CCC(=O)O)C(=O)Nc1ccc(COC(=O)N(C)CCN(C)C(=O)O[C@H]2C[C@@]3(C)[C@@H](C[C@H]4O[C@@H](c5ccc(CC67CC(N)(C6)C7)cc5)O[C@]43C(=O)CO)[C@@H]3CCC4=CC(=O)C=C[C@]4(C)[C@H]32)cc1)c1ccc(CC(NC(C)C)C(=O)O)cc1. The molecule has 510 valence electrons. The molecule has 25 nitrogen and oxygen atoms in total. The molecule has 11 rings (SSSR count). The molecule has 25 heteroatoms. The second kappa shape index (κ2) is 28.1. The molecule has 2 bridgehead atoms. The number of likely N-dealkylation sites (N-methyl/N-ethyl adjacent to an activating group) is 2. The Balaban J connectivity index is 0.694. The molecule has 95 heavy (non-hydrogen) atoms. The number of nitrogens with two attached hydrogens (primary N) is 1. The third-order valence-electron chi connectivity index (χ3n) is 20.8. The van der Waals surface area contributed by atoms with Crippen molar-refractivity contribution >= 4 is 64.8 Å². The number of fused-ring (bicyclic) bond motifs is 7. The number of nitrogens with one attached hydrogen (secondary N) is 4. The lowest BCUT2D eigenvalue weighted by Gasteiger charge is -2.69. The highest BCUT2D eigenvalue weighted by Gasteiger charge is 2.76. The van der Waals surface area contributed by atoms with Crippen LogP contribution in [0.4, 0.5) is 15.3 Å². The zero-order chi connectivity index (χ0) is 68.4. The van der Waals surface area contributed by atoms with Crippen LogP contribution in [0.2, 0.25) is 0 Å². The lowest BCUT2D eigenvalue weighted by Crippen LogP contribution is -2.72. The first-order chi connectivity index (χ1) is 45.0. The topological polar surface area (TPSA) is 353 Å². The number of carboxylic acid groups (broad SMARTS) is 2. The fraction of sp³-hybridized carbons (Fsp3) is 0.543. The molecule has 7 fully saturated rings. The van der Waals surface area contributed by atoms with Gasteiger partial charge < -0.3 is 75.9 Å². The summed E-state index contributed by atoms with van der Waals surface area (Å²) in [5.41, 5.74) is 9.08. The Labute approximate surface area is 551 Å². The van der Waals surface area contributed by atoms with E-state index in [-0.39, 0.29) is 85.2 Å². The number of Topliss-reactive ketones (excluding diaryl/α,β-unsaturated/α-hetero) is 1. The van der Waals surface area contributed by atoms with Gasteiger partial charge in [0.05, 0.1) is 18.4 Å². The number of aliphatic hydroxyl groups excluding tert-OH is 1. The Morgan fingerprint density at radius 3 is 2.16 bits per heavy atom. The van der Waals surface area contributed by atoms with E-state index in [1.54, 1.807) is 62.5 Å². The van der Waals surface area contributed by atoms with Crippen molar-refractivity contribution in [3.63, 3.8) is 0 Å². The number of allylic oxidation sites excluding steroid dienone is 4. The number of amides is 5. The Morgan fingerprint density at radius 1 is 0.853 bits per heavy atom. The lowest BCUT2D eigenvalue weighted by atomic mass is 9.38. The summed E-state index contributed by atoms with van der Waals surface area (Å²) in [7, 11) is 3.08. The molecule has 11 atom stereocenters. The van der Waals surface area contributed by atoms with Crippen LogP contribution in [0.1, 0.15) is 127 Å². The van der Waals surface area contributed by atoms with Crippen molar-refractivity contribution in [2.75, 3.05) is 52.3 Å². The first kappa shape index (κ1) is 69.5. The normalized spacial score (nSPS) is 28.9. The first-order valence-corrected chi connectivity index (χ1v) is 32.6. The highest BCUT2D eigenvalue weighted by atomic mass is 16.7. The van der Waals surface area contributed by atoms with Gasteiger partial charge in [0.15, 0.2) is 30.1 Å². The minimum atomic E-state index is -1.56. The maximum absolute atomic E-state index is 14.5. The second-order valence-corrected chi connectivity index (χ2v) is 28.0. The highest BCUT2D eigenvalue weighted by molar-refractivity contribution is 6.01. The van der Waals surface area contributed by atoms with Crippen molar-refractivity contribution in [1.29, 1.82) is 0 Å². The monoisotopic (exact) mass is 1310 g/mol. The van der Waals surface area contributed by atoms with Crippen LogP contribution in [0.5, 0.6) is 0 Å². The molecule has 0 spiro atoms. The van der Waals surface area contributed by atoms with Crippen molar-refractivity contribution in [1.82, 2.24) is 25.8 Å². The number of rotatable bonds is 28. The Kier molecular flexibility index (Phi) is 20.6. The number of ether oxygens (including phenoxy) is 4. The first-order valence-electron chi connectivity index (χ1n) is 32.6. The molecule has 7 aliphatic carbocycles. The van der Waals surface area contributed by atoms with E-state index in [0.29, 0.717) is 36.1 Å². The van der Waals surface area contributed by atoms with E-state index in [4.69, 9.17) is 29.5 Å². The van der Waals surface area contributed by atoms with Crippen molar-refractivity contribution in [3.8, 4) is 0 Å². The van der Waals surface area contributed by atoms with E-state index in [0.717, 1.165) is 42.4 Å². The fourth-order valence-corrected chi connectivity index (χ4v) is 16.3. The van der Waals surface area contributed by atoms with Gasteiger partial charge in [-0.2, -0.15) is 0 Å². The number of benzene rings is 3. The number of carboxylic acids is 2. The van der Waals surface area contributed by atoms with Crippen molar-refractivity contribution < 1.29 is 82.3 Å². The molecule has 3 aromatic rings. The van der Waals surface area contributed by atoms with E-state index in [2.05, 4.69) is 45.5 Å². The van der Waals surface area contributed by atoms with Gasteiger partial charge in [-0.05, 0) is 135 Å². The van der Waals surface area contributed by atoms with Crippen molar-refractivity contribution in [3.05, 3.63) is 124 Å². The van der Waals surface area contributed by atoms with Crippen molar-refractivity contribution in [2.24, 2.45) is 44.9 Å². The summed E-state index contributed by atoms with van der Waals surface area (Å²) < 4.78 is 25.9. The molecule has 1 saturated heterocycles. The third kappa shape index (κ3) is 14.9. The Morgan fingerprint density at radius 2 is 1.52 bits per heavy atom. The fourth-order valence-electron chi connectivity index (χ4n) is 16.3. The summed E-state index contributed by atoms with van der Waals surface area (Å²) in [4.78, 5) is 125. The summed E-state index contributed by atoms with van der Waals surface area (Å²) >= 11 is 0. The highest BCUT2D eigenvalue weighted by Crippen LogP contribution is 2.71. The van der Waals surface area contributed by atoms with Crippen LogP contribution in [-0.4, -0.2) is 173 Å². The molecule has 1 heterocycles. The van der Waals surface area contributed by atoms with Crippen LogP contribution in [0.3, 0.4) is 0 Å². The Bertz CT molecular complexity index is 3520. The third-order valence-corrected chi connectivity index (χ3v) is 20.8. The van der Waals surface area contributed by atoms with Gasteiger partial charge in [0.1, 0.15) is 31.4 Å². The average Bonchev–Trinajstić information content (AvgIpc) is 1.64. The zero-order valence-corrected chi connectivity index (χ0v) is 54.9. The summed E-state index contributed by atoms with van der Waals surface area (Å²) in [6, 6.07) is 19.3. The molecule has 1 aliphatic heterocycles. The second-order valence-electron chi connectivity index (χ2n) is 28.0. The summed E-state index contributed by atoms with van der Waals surface area (Å²) in [6.07, 6.45) is 7.04. The molecule has 5 amide bonds. The van der Waals surface area contributed by atoms with E-state index < -0.39 is 121 Å². The van der Waals surface area contributed by atoms with E-state index in [1.165, 1.54) is 34.5 Å². The van der Waals surface area contributed by atoms with Gasteiger partial charge in [0.2, 0.25) is 11.8 Å². The van der Waals surface area contributed by atoms with E-state index >= 15 is 0 Å². The predicted molar refractivity (Wildman–Crippen MR) is 345 cm³/mol. The van der Waals surface area contributed by atoms with Gasteiger partial charge in [0, 0.05) is 73.2 Å². The number of aliphatic carboxylic acids is 2. The van der Waals surface area contributed by atoms with Crippen LogP contribution in [0.25, 0.3) is 0 Å². The van der Waals surface area contributed by atoms with Gasteiger partial charge in [-0.25, -0.2) is 9.59 Å². The van der Waals surface area contributed by atoms with Crippen LogP contribution >= 0.6 is 0 Å².